The summed E-state index contributed by atoms with van der Waals surface area (Å²) in [5.74, 6) is -1.26. The van der Waals surface area contributed by atoms with Gasteiger partial charge in [0, 0.05) is 5.56 Å². The summed E-state index contributed by atoms with van der Waals surface area (Å²) in [4.78, 5) is 10.5. The fraction of sp³-hybridized carbons (Fsp3) is 0.444. The molecule has 0 bridgehead atoms. The molecule has 0 unspecified atom stereocenters. The van der Waals surface area contributed by atoms with Gasteiger partial charge in [0.1, 0.15) is 0 Å². The Bertz CT molecular complexity index is 308. The minimum absolute atomic E-state index is 0.280. The second kappa shape index (κ2) is 2.60. The van der Waals surface area contributed by atoms with Crippen molar-refractivity contribution in [1.29, 1.82) is 0 Å². The molecule has 2 N–H and O–H groups in total. The molecule has 0 spiro atoms. The van der Waals surface area contributed by atoms with Crippen LogP contribution in [-0.4, -0.2) is 16.2 Å². The van der Waals surface area contributed by atoms with E-state index in [4.69, 9.17) is 9.52 Å². The highest BCUT2D eigenvalue weighted by Crippen LogP contribution is 2.45. The lowest BCUT2D eigenvalue weighted by Crippen LogP contribution is -2.44. The smallest absolute Gasteiger partial charge is 0.306 e. The first-order chi connectivity index (χ1) is 6.12. The molecule has 1 fully saturated rings. The Morgan fingerprint density at radius 2 is 2.31 bits per heavy atom. The van der Waals surface area contributed by atoms with Crippen LogP contribution < -0.4 is 0 Å². The topological polar surface area (TPSA) is 70.7 Å². The Kier molecular flexibility index (Phi) is 1.66. The van der Waals surface area contributed by atoms with Gasteiger partial charge in [-0.1, -0.05) is 0 Å². The lowest BCUT2D eigenvalue weighted by molar-refractivity contribution is -0.159. The monoisotopic (exact) mass is 182 g/mol. The molecule has 1 aromatic heterocycles. The van der Waals surface area contributed by atoms with Gasteiger partial charge in [0.2, 0.25) is 0 Å². The van der Waals surface area contributed by atoms with Gasteiger partial charge in [-0.15, -0.1) is 0 Å². The van der Waals surface area contributed by atoms with E-state index in [0.29, 0.717) is 5.56 Å². The van der Waals surface area contributed by atoms with Crippen LogP contribution in [0.3, 0.4) is 0 Å². The standard InChI is InChI=1S/C9H10O4/c10-8(11)6-3-9(12,4-6)7-1-2-13-5-7/h1-2,5-6,12H,3-4H2,(H,10,11). The summed E-state index contributed by atoms with van der Waals surface area (Å²) < 4.78 is 4.82. The molecule has 0 aliphatic heterocycles. The number of hydrogen-bond donors (Lipinski definition) is 2. The Morgan fingerprint density at radius 3 is 2.77 bits per heavy atom. The van der Waals surface area contributed by atoms with Gasteiger partial charge in [-0.2, -0.15) is 0 Å². The lowest BCUT2D eigenvalue weighted by atomic mass is 9.68. The first-order valence-corrected chi connectivity index (χ1v) is 4.10. The van der Waals surface area contributed by atoms with Gasteiger partial charge in [-0.05, 0) is 18.9 Å². The maximum Gasteiger partial charge on any atom is 0.306 e. The molecule has 4 heteroatoms. The number of carboxylic acids is 1. The van der Waals surface area contributed by atoms with Crippen molar-refractivity contribution in [2.75, 3.05) is 0 Å². The van der Waals surface area contributed by atoms with Gasteiger partial charge in [0.15, 0.2) is 0 Å². The zero-order valence-corrected chi connectivity index (χ0v) is 6.93. The van der Waals surface area contributed by atoms with Gasteiger partial charge in [0.25, 0.3) is 0 Å². The highest BCUT2D eigenvalue weighted by atomic mass is 16.4. The zero-order chi connectivity index (χ0) is 9.47. The largest absolute Gasteiger partial charge is 0.481 e. The Labute approximate surface area is 74.8 Å². The van der Waals surface area contributed by atoms with E-state index in [1.165, 1.54) is 12.5 Å². The molecule has 0 saturated heterocycles. The maximum atomic E-state index is 10.5. The molecular formula is C9H10O4. The van der Waals surface area contributed by atoms with Crippen molar-refractivity contribution >= 4 is 5.97 Å². The summed E-state index contributed by atoms with van der Waals surface area (Å²) >= 11 is 0. The summed E-state index contributed by atoms with van der Waals surface area (Å²) in [6.07, 6.45) is 3.49. The SMILES string of the molecule is O=C(O)C1CC(O)(c2ccoc2)C1. The van der Waals surface area contributed by atoms with Gasteiger partial charge in [0.05, 0.1) is 24.0 Å². The lowest BCUT2D eigenvalue weighted by Gasteiger charge is -2.40. The number of hydrogen-bond acceptors (Lipinski definition) is 3. The van der Waals surface area contributed by atoms with Crippen molar-refractivity contribution in [3.63, 3.8) is 0 Å². The Balaban J connectivity index is 2.08. The minimum atomic E-state index is -0.976. The third-order valence-corrected chi connectivity index (χ3v) is 2.58. The van der Waals surface area contributed by atoms with Gasteiger partial charge in [-0.25, -0.2) is 0 Å². The molecular weight excluding hydrogens is 172 g/mol. The number of aliphatic carboxylic acids is 1. The molecule has 2 rings (SSSR count). The maximum absolute atomic E-state index is 10.5. The minimum Gasteiger partial charge on any atom is -0.481 e. The fourth-order valence-corrected chi connectivity index (χ4v) is 1.70. The van der Waals surface area contributed by atoms with Crippen LogP contribution in [-0.2, 0) is 10.4 Å². The predicted octanol–water partition coefficient (Wildman–Crippen LogP) is 0.962. The van der Waals surface area contributed by atoms with E-state index in [0.717, 1.165) is 0 Å². The molecule has 0 radical (unpaired) electrons. The van der Waals surface area contributed by atoms with Gasteiger partial charge < -0.3 is 14.6 Å². The Hall–Kier alpha value is -1.29. The van der Waals surface area contributed by atoms with Crippen molar-refractivity contribution < 1.29 is 19.4 Å². The first kappa shape index (κ1) is 8.31. The Morgan fingerprint density at radius 1 is 1.62 bits per heavy atom. The second-order valence-corrected chi connectivity index (χ2v) is 3.49. The van der Waals surface area contributed by atoms with Crippen LogP contribution in [0.2, 0.25) is 0 Å². The van der Waals surface area contributed by atoms with Crippen molar-refractivity contribution in [2.45, 2.75) is 18.4 Å². The molecule has 4 nitrogen and oxygen atoms in total. The van der Waals surface area contributed by atoms with Gasteiger partial charge >= 0.3 is 5.97 Å². The number of furan rings is 1. The van der Waals surface area contributed by atoms with E-state index in [1.54, 1.807) is 6.07 Å². The summed E-state index contributed by atoms with van der Waals surface area (Å²) in [6.45, 7) is 0. The molecule has 1 aromatic rings. The summed E-state index contributed by atoms with van der Waals surface area (Å²) in [6, 6.07) is 1.66. The molecule has 0 aromatic carbocycles. The summed E-state index contributed by atoms with van der Waals surface area (Å²) in [5, 5.41) is 18.5. The highest BCUT2D eigenvalue weighted by Gasteiger charge is 2.47. The van der Waals surface area contributed by atoms with E-state index in [-0.39, 0.29) is 12.8 Å². The zero-order valence-electron chi connectivity index (χ0n) is 6.93. The van der Waals surface area contributed by atoms with E-state index < -0.39 is 17.5 Å². The molecule has 13 heavy (non-hydrogen) atoms. The van der Waals surface area contributed by atoms with Crippen LogP contribution in [0.15, 0.2) is 23.0 Å². The van der Waals surface area contributed by atoms with Crippen LogP contribution in [0.25, 0.3) is 0 Å². The molecule has 1 heterocycles. The molecule has 0 amide bonds. The predicted molar refractivity (Wildman–Crippen MR) is 43.0 cm³/mol. The van der Waals surface area contributed by atoms with Gasteiger partial charge in [-0.3, -0.25) is 4.79 Å². The quantitative estimate of drug-likeness (QED) is 0.714. The van der Waals surface area contributed by atoms with Crippen LogP contribution in [0, 0.1) is 5.92 Å². The number of rotatable bonds is 2. The molecule has 1 aliphatic rings. The fourth-order valence-electron chi connectivity index (χ4n) is 1.70. The molecule has 0 atom stereocenters. The van der Waals surface area contributed by atoms with E-state index in [1.807, 2.05) is 0 Å². The third kappa shape index (κ3) is 1.23. The first-order valence-electron chi connectivity index (χ1n) is 4.10. The third-order valence-electron chi connectivity index (χ3n) is 2.58. The van der Waals surface area contributed by atoms with E-state index >= 15 is 0 Å². The normalized spacial score (nSPS) is 32.5. The highest BCUT2D eigenvalue weighted by molar-refractivity contribution is 5.71. The average Bonchev–Trinajstić information content (AvgIpc) is 2.49. The molecule has 70 valence electrons. The molecule has 1 aliphatic carbocycles. The van der Waals surface area contributed by atoms with Crippen molar-refractivity contribution in [3.05, 3.63) is 24.2 Å². The van der Waals surface area contributed by atoms with Crippen molar-refractivity contribution in [1.82, 2.24) is 0 Å². The van der Waals surface area contributed by atoms with Crippen LogP contribution in [0.5, 0.6) is 0 Å². The van der Waals surface area contributed by atoms with Crippen LogP contribution in [0.4, 0.5) is 0 Å². The summed E-state index contributed by atoms with van der Waals surface area (Å²) in [7, 11) is 0. The van der Waals surface area contributed by atoms with Crippen molar-refractivity contribution in [3.8, 4) is 0 Å². The van der Waals surface area contributed by atoms with Crippen molar-refractivity contribution in [2.24, 2.45) is 5.92 Å². The van der Waals surface area contributed by atoms with Crippen LogP contribution >= 0.6 is 0 Å². The van der Waals surface area contributed by atoms with E-state index in [9.17, 15) is 9.90 Å². The average molecular weight is 182 g/mol. The number of carbonyl (C=O) groups is 1. The van der Waals surface area contributed by atoms with Crippen LogP contribution in [0.1, 0.15) is 18.4 Å². The number of carboxylic acid groups (broad SMARTS) is 1. The second-order valence-electron chi connectivity index (χ2n) is 3.49. The summed E-state index contributed by atoms with van der Waals surface area (Å²) in [5.41, 5.74) is -0.305. The number of aliphatic hydroxyl groups is 1. The molecule has 1 saturated carbocycles. The van der Waals surface area contributed by atoms with E-state index in [2.05, 4.69) is 0 Å².